The summed E-state index contributed by atoms with van der Waals surface area (Å²) < 4.78 is 3.03. The van der Waals surface area contributed by atoms with Gasteiger partial charge in [-0.3, -0.25) is 4.68 Å². The van der Waals surface area contributed by atoms with E-state index >= 15 is 0 Å². The first-order valence-corrected chi connectivity index (χ1v) is 8.04. The third kappa shape index (κ3) is 3.43. The van der Waals surface area contributed by atoms with E-state index in [1.807, 2.05) is 29.1 Å². The van der Waals surface area contributed by atoms with Crippen LogP contribution in [0.2, 0.25) is 5.02 Å². The number of benzene rings is 1. The minimum absolute atomic E-state index is 0.0578. The van der Waals surface area contributed by atoms with Crippen LogP contribution in [0.5, 0.6) is 0 Å². The van der Waals surface area contributed by atoms with Crippen LogP contribution < -0.4 is 5.32 Å². The Kier molecular flexibility index (Phi) is 5.64. The Morgan fingerprint density at radius 3 is 2.85 bits per heavy atom. The van der Waals surface area contributed by atoms with Crippen LogP contribution in [-0.2, 0) is 6.54 Å². The summed E-state index contributed by atoms with van der Waals surface area (Å²) in [5.41, 5.74) is 2.21. The van der Waals surface area contributed by atoms with Gasteiger partial charge in [-0.15, -0.1) is 0 Å². The maximum atomic E-state index is 6.39. The molecule has 1 N–H and O–H groups in total. The fourth-order valence-electron chi connectivity index (χ4n) is 2.25. The molecule has 108 valence electrons. The number of hydrogen-bond acceptors (Lipinski definition) is 2. The van der Waals surface area contributed by atoms with Gasteiger partial charge >= 0.3 is 0 Å². The van der Waals surface area contributed by atoms with E-state index < -0.39 is 0 Å². The summed E-state index contributed by atoms with van der Waals surface area (Å²) in [5, 5.41) is 8.70. The lowest BCUT2D eigenvalue weighted by molar-refractivity contribution is 0.530. The van der Waals surface area contributed by atoms with Crippen LogP contribution in [-0.4, -0.2) is 16.3 Å². The average molecular weight is 357 g/mol. The van der Waals surface area contributed by atoms with Gasteiger partial charge in [-0.05, 0) is 49.7 Å². The molecule has 2 rings (SSSR count). The van der Waals surface area contributed by atoms with Crippen LogP contribution in [0, 0.1) is 0 Å². The van der Waals surface area contributed by atoms with Gasteiger partial charge in [0.1, 0.15) is 0 Å². The normalized spacial score (nSPS) is 12.6. The summed E-state index contributed by atoms with van der Waals surface area (Å²) >= 11 is 9.91. The standard InChI is InChI=1S/C15H19BrClN3/c1-3-8-18-15(14-7-9-19-20(14)4-2)12-10-11(16)5-6-13(12)17/h5-7,9-10,15,18H,3-4,8H2,1-2H3. The number of halogens is 2. The van der Waals surface area contributed by atoms with Crippen molar-refractivity contribution in [2.45, 2.75) is 32.9 Å². The van der Waals surface area contributed by atoms with E-state index in [-0.39, 0.29) is 6.04 Å². The van der Waals surface area contributed by atoms with Crippen molar-refractivity contribution < 1.29 is 0 Å². The molecule has 1 atom stereocenters. The third-order valence-corrected chi connectivity index (χ3v) is 4.05. The van der Waals surface area contributed by atoms with Crippen molar-refractivity contribution in [3.8, 4) is 0 Å². The Bertz CT molecular complexity index is 568. The van der Waals surface area contributed by atoms with Crippen LogP contribution in [0.25, 0.3) is 0 Å². The van der Waals surface area contributed by atoms with Gasteiger partial charge in [0.05, 0.1) is 11.7 Å². The first-order valence-electron chi connectivity index (χ1n) is 6.87. The van der Waals surface area contributed by atoms with Crippen LogP contribution in [0.4, 0.5) is 0 Å². The van der Waals surface area contributed by atoms with E-state index in [0.717, 1.165) is 40.3 Å². The molecule has 0 saturated carbocycles. The lowest BCUT2D eigenvalue weighted by Gasteiger charge is -2.21. The monoisotopic (exact) mass is 355 g/mol. The Balaban J connectivity index is 2.44. The summed E-state index contributed by atoms with van der Waals surface area (Å²) in [6.45, 7) is 6.03. The van der Waals surface area contributed by atoms with Crippen LogP contribution >= 0.6 is 27.5 Å². The number of aromatic nitrogens is 2. The molecule has 0 spiro atoms. The first kappa shape index (κ1) is 15.5. The number of aryl methyl sites for hydroxylation is 1. The minimum Gasteiger partial charge on any atom is -0.305 e. The van der Waals surface area contributed by atoms with Crippen LogP contribution in [0.3, 0.4) is 0 Å². The lowest BCUT2D eigenvalue weighted by atomic mass is 10.0. The highest BCUT2D eigenvalue weighted by Crippen LogP contribution is 2.30. The zero-order valence-corrected chi connectivity index (χ0v) is 14.1. The maximum Gasteiger partial charge on any atom is 0.0763 e. The Labute approximate surface area is 133 Å². The molecule has 0 saturated heterocycles. The Morgan fingerprint density at radius 2 is 2.15 bits per heavy atom. The van der Waals surface area contributed by atoms with Gasteiger partial charge in [0.25, 0.3) is 0 Å². The number of hydrogen-bond donors (Lipinski definition) is 1. The second-order valence-electron chi connectivity index (χ2n) is 4.62. The van der Waals surface area contributed by atoms with Gasteiger partial charge in [-0.1, -0.05) is 34.5 Å². The fraction of sp³-hybridized carbons (Fsp3) is 0.400. The molecule has 0 bridgehead atoms. The Hall–Kier alpha value is -0.840. The first-order chi connectivity index (χ1) is 9.67. The topological polar surface area (TPSA) is 29.9 Å². The number of nitrogens with one attached hydrogen (secondary N) is 1. The SMILES string of the molecule is CCCNC(c1cc(Br)ccc1Cl)c1ccnn1CC. The highest BCUT2D eigenvalue weighted by molar-refractivity contribution is 9.10. The zero-order valence-electron chi connectivity index (χ0n) is 11.7. The molecule has 0 amide bonds. The van der Waals surface area contributed by atoms with Gasteiger partial charge < -0.3 is 5.32 Å². The second-order valence-corrected chi connectivity index (χ2v) is 5.95. The van der Waals surface area contributed by atoms with E-state index in [4.69, 9.17) is 11.6 Å². The van der Waals surface area contributed by atoms with Gasteiger partial charge in [0.2, 0.25) is 0 Å². The predicted molar refractivity (Wildman–Crippen MR) is 87.2 cm³/mol. The summed E-state index contributed by atoms with van der Waals surface area (Å²) in [4.78, 5) is 0. The molecule has 1 aromatic carbocycles. The second kappa shape index (κ2) is 7.25. The van der Waals surface area contributed by atoms with E-state index in [9.17, 15) is 0 Å². The molecular weight excluding hydrogens is 338 g/mol. The molecule has 1 heterocycles. The van der Waals surface area contributed by atoms with Gasteiger partial charge in [-0.25, -0.2) is 0 Å². The van der Waals surface area contributed by atoms with E-state index in [0.29, 0.717) is 0 Å². The fourth-order valence-corrected chi connectivity index (χ4v) is 2.86. The zero-order chi connectivity index (χ0) is 14.5. The molecule has 3 nitrogen and oxygen atoms in total. The lowest BCUT2D eigenvalue weighted by Crippen LogP contribution is -2.26. The van der Waals surface area contributed by atoms with Gasteiger partial charge in [-0.2, -0.15) is 5.10 Å². The molecule has 0 aliphatic heterocycles. The summed E-state index contributed by atoms with van der Waals surface area (Å²) in [5.74, 6) is 0. The molecule has 0 aliphatic rings. The molecule has 0 aliphatic carbocycles. The molecule has 2 aromatic rings. The smallest absolute Gasteiger partial charge is 0.0763 e. The third-order valence-electron chi connectivity index (χ3n) is 3.21. The molecule has 0 fully saturated rings. The van der Waals surface area contributed by atoms with Crippen molar-refractivity contribution in [2.75, 3.05) is 6.54 Å². The van der Waals surface area contributed by atoms with E-state index in [2.05, 4.69) is 46.3 Å². The van der Waals surface area contributed by atoms with Gasteiger partial charge in [0.15, 0.2) is 0 Å². The van der Waals surface area contributed by atoms with E-state index in [1.165, 1.54) is 0 Å². The number of rotatable bonds is 6. The molecule has 20 heavy (non-hydrogen) atoms. The summed E-state index contributed by atoms with van der Waals surface area (Å²) in [7, 11) is 0. The van der Waals surface area contributed by atoms with Crippen molar-refractivity contribution in [2.24, 2.45) is 0 Å². The quantitative estimate of drug-likeness (QED) is 0.831. The van der Waals surface area contributed by atoms with Crippen LogP contribution in [0.15, 0.2) is 34.9 Å². The summed E-state index contributed by atoms with van der Waals surface area (Å²) in [6, 6.07) is 8.06. The maximum absolute atomic E-state index is 6.39. The molecule has 5 heteroatoms. The largest absolute Gasteiger partial charge is 0.305 e. The molecule has 1 unspecified atom stereocenters. The predicted octanol–water partition coefficient (Wildman–Crippen LogP) is 4.41. The molecule has 0 radical (unpaired) electrons. The van der Waals surface area contributed by atoms with Crippen molar-refractivity contribution in [3.63, 3.8) is 0 Å². The molecular formula is C15H19BrClN3. The van der Waals surface area contributed by atoms with Crippen molar-refractivity contribution in [1.29, 1.82) is 0 Å². The van der Waals surface area contributed by atoms with Crippen LogP contribution in [0.1, 0.15) is 37.6 Å². The van der Waals surface area contributed by atoms with E-state index in [1.54, 1.807) is 0 Å². The van der Waals surface area contributed by atoms with Crippen molar-refractivity contribution in [1.82, 2.24) is 15.1 Å². The highest BCUT2D eigenvalue weighted by Gasteiger charge is 2.20. The molecule has 1 aromatic heterocycles. The highest BCUT2D eigenvalue weighted by atomic mass is 79.9. The Morgan fingerprint density at radius 1 is 1.35 bits per heavy atom. The average Bonchev–Trinajstić information content (AvgIpc) is 2.91. The summed E-state index contributed by atoms with van der Waals surface area (Å²) in [6.07, 6.45) is 2.91. The minimum atomic E-state index is 0.0578. The van der Waals surface area contributed by atoms with Crippen molar-refractivity contribution >= 4 is 27.5 Å². The van der Waals surface area contributed by atoms with Crippen molar-refractivity contribution in [3.05, 3.63) is 51.2 Å². The van der Waals surface area contributed by atoms with Gasteiger partial charge in [0, 0.05) is 22.2 Å². The number of nitrogens with zero attached hydrogens (tertiary/aromatic N) is 2.